The number of esters is 1. The lowest BCUT2D eigenvalue weighted by Crippen LogP contribution is -2.05. The number of hydrogen-bond acceptors (Lipinski definition) is 2. The van der Waals surface area contributed by atoms with Crippen LogP contribution in [0.3, 0.4) is 0 Å². The van der Waals surface area contributed by atoms with Gasteiger partial charge in [-0.15, -0.1) is 0 Å². The van der Waals surface area contributed by atoms with Crippen molar-refractivity contribution in [2.24, 2.45) is 0 Å². The van der Waals surface area contributed by atoms with Gasteiger partial charge in [0, 0.05) is 6.42 Å². The first-order chi connectivity index (χ1) is 19.8. The van der Waals surface area contributed by atoms with Gasteiger partial charge < -0.3 is 4.74 Å². The molecule has 0 unspecified atom stereocenters. The maximum Gasteiger partial charge on any atom is 0.305 e. The lowest BCUT2D eigenvalue weighted by Gasteiger charge is -2.05. The highest BCUT2D eigenvalue weighted by Gasteiger charge is 2.02. The topological polar surface area (TPSA) is 26.3 Å². The minimum Gasteiger partial charge on any atom is -0.466 e. The lowest BCUT2D eigenvalue weighted by atomic mass is 10.1. The minimum absolute atomic E-state index is 0.0126. The molecule has 0 spiro atoms. The van der Waals surface area contributed by atoms with E-state index in [-0.39, 0.29) is 5.97 Å². The van der Waals surface area contributed by atoms with Gasteiger partial charge in [-0.1, -0.05) is 160 Å². The molecule has 0 heterocycles. The standard InChI is InChI=1S/C38H72O2/c1-3-5-7-9-11-13-15-17-19-20-21-23-25-27-29-31-33-35-37-40-38(39)36-34-32-30-28-26-24-22-18-16-14-12-10-8-6-4-2/h17-19,22H,3-16,20-21,23-37H2,1-2H3/b19-17-,22-18-. The lowest BCUT2D eigenvalue weighted by molar-refractivity contribution is -0.143. The molecule has 0 aromatic heterocycles. The van der Waals surface area contributed by atoms with Crippen LogP contribution in [0.15, 0.2) is 24.3 Å². The number of ether oxygens (including phenoxy) is 1. The van der Waals surface area contributed by atoms with Gasteiger partial charge in [0.15, 0.2) is 0 Å². The van der Waals surface area contributed by atoms with Gasteiger partial charge in [0.2, 0.25) is 0 Å². The van der Waals surface area contributed by atoms with E-state index in [4.69, 9.17) is 4.74 Å². The molecule has 0 aliphatic rings. The molecule has 2 nitrogen and oxygen atoms in total. The summed E-state index contributed by atoms with van der Waals surface area (Å²) in [4.78, 5) is 11.9. The molecule has 0 atom stereocenters. The summed E-state index contributed by atoms with van der Waals surface area (Å²) in [5, 5.41) is 0. The normalized spacial score (nSPS) is 11.8. The van der Waals surface area contributed by atoms with Gasteiger partial charge in [-0.05, 0) is 64.2 Å². The van der Waals surface area contributed by atoms with E-state index in [9.17, 15) is 4.79 Å². The summed E-state index contributed by atoms with van der Waals surface area (Å²) in [5.41, 5.74) is 0. The van der Waals surface area contributed by atoms with E-state index in [1.54, 1.807) is 0 Å². The average molecular weight is 561 g/mol. The molecule has 0 radical (unpaired) electrons. The second kappa shape index (κ2) is 36.0. The number of carbonyl (C=O) groups is 1. The van der Waals surface area contributed by atoms with Crippen molar-refractivity contribution in [2.45, 2.75) is 206 Å². The van der Waals surface area contributed by atoms with Gasteiger partial charge in [0.05, 0.1) is 6.61 Å². The predicted octanol–water partition coefficient (Wildman–Crippen LogP) is 13.4. The molecule has 2 heteroatoms. The quantitative estimate of drug-likeness (QED) is 0.0453. The minimum atomic E-state index is 0.0126. The van der Waals surface area contributed by atoms with Crippen molar-refractivity contribution in [3.05, 3.63) is 24.3 Å². The van der Waals surface area contributed by atoms with Crippen molar-refractivity contribution in [3.63, 3.8) is 0 Å². The third-order valence-electron chi connectivity index (χ3n) is 8.06. The van der Waals surface area contributed by atoms with E-state index in [1.165, 1.54) is 167 Å². The molecule has 0 aliphatic carbocycles. The van der Waals surface area contributed by atoms with Crippen LogP contribution in [-0.2, 0) is 9.53 Å². The van der Waals surface area contributed by atoms with Crippen LogP contribution in [-0.4, -0.2) is 12.6 Å². The first-order valence-corrected chi connectivity index (χ1v) is 18.3. The fourth-order valence-corrected chi connectivity index (χ4v) is 5.30. The first-order valence-electron chi connectivity index (χ1n) is 18.3. The van der Waals surface area contributed by atoms with Crippen LogP contribution in [0.25, 0.3) is 0 Å². The van der Waals surface area contributed by atoms with Crippen LogP contribution in [0.5, 0.6) is 0 Å². The van der Waals surface area contributed by atoms with Crippen molar-refractivity contribution in [2.75, 3.05) is 6.61 Å². The Morgan fingerprint density at radius 1 is 0.400 bits per heavy atom. The Bertz CT molecular complexity index is 536. The van der Waals surface area contributed by atoms with Crippen LogP contribution in [0.1, 0.15) is 206 Å². The molecule has 0 aromatic carbocycles. The SMILES string of the molecule is CCCCCCCC/C=C\CCCCCCCCCCOC(=O)CCCCCCC/C=C\CCCCCCCC. The van der Waals surface area contributed by atoms with E-state index in [0.717, 1.165) is 19.3 Å². The Morgan fingerprint density at radius 2 is 0.700 bits per heavy atom. The van der Waals surface area contributed by atoms with Crippen LogP contribution in [0, 0.1) is 0 Å². The molecule has 0 bridgehead atoms. The van der Waals surface area contributed by atoms with Gasteiger partial charge in [0.1, 0.15) is 0 Å². The highest BCUT2D eigenvalue weighted by atomic mass is 16.5. The van der Waals surface area contributed by atoms with Crippen LogP contribution >= 0.6 is 0 Å². The molecule has 0 N–H and O–H groups in total. The second-order valence-electron chi connectivity index (χ2n) is 12.2. The van der Waals surface area contributed by atoms with Gasteiger partial charge >= 0.3 is 5.97 Å². The van der Waals surface area contributed by atoms with E-state index in [0.29, 0.717) is 13.0 Å². The summed E-state index contributed by atoms with van der Waals surface area (Å²) in [5.74, 6) is 0.0126. The molecule has 0 aromatic rings. The van der Waals surface area contributed by atoms with E-state index >= 15 is 0 Å². The number of rotatable bonds is 33. The Balaban J connectivity index is 3.22. The van der Waals surface area contributed by atoms with E-state index in [2.05, 4.69) is 38.2 Å². The highest BCUT2D eigenvalue weighted by Crippen LogP contribution is 2.13. The Kier molecular flexibility index (Phi) is 35.0. The van der Waals surface area contributed by atoms with Crippen LogP contribution in [0.2, 0.25) is 0 Å². The number of carbonyl (C=O) groups excluding carboxylic acids is 1. The summed E-state index contributed by atoms with van der Waals surface area (Å²) in [6.45, 7) is 5.18. The Hall–Kier alpha value is -1.05. The summed E-state index contributed by atoms with van der Waals surface area (Å²) in [6.07, 6.45) is 48.1. The van der Waals surface area contributed by atoms with E-state index in [1.807, 2.05) is 0 Å². The van der Waals surface area contributed by atoms with Gasteiger partial charge in [-0.3, -0.25) is 4.79 Å². The van der Waals surface area contributed by atoms with Gasteiger partial charge in [-0.25, -0.2) is 0 Å². The molecule has 236 valence electrons. The third kappa shape index (κ3) is 35.0. The molecular weight excluding hydrogens is 488 g/mol. The van der Waals surface area contributed by atoms with Crippen molar-refractivity contribution in [3.8, 4) is 0 Å². The summed E-state index contributed by atoms with van der Waals surface area (Å²) in [6, 6.07) is 0. The smallest absolute Gasteiger partial charge is 0.305 e. The molecule has 0 saturated heterocycles. The largest absolute Gasteiger partial charge is 0.466 e. The Morgan fingerprint density at radius 3 is 1.07 bits per heavy atom. The van der Waals surface area contributed by atoms with E-state index < -0.39 is 0 Å². The van der Waals surface area contributed by atoms with Gasteiger partial charge in [-0.2, -0.15) is 0 Å². The van der Waals surface area contributed by atoms with Crippen LogP contribution in [0.4, 0.5) is 0 Å². The number of hydrogen-bond donors (Lipinski definition) is 0. The van der Waals surface area contributed by atoms with Crippen molar-refractivity contribution < 1.29 is 9.53 Å². The molecule has 0 amide bonds. The third-order valence-corrected chi connectivity index (χ3v) is 8.06. The predicted molar refractivity (Wildman–Crippen MR) is 179 cm³/mol. The summed E-state index contributed by atoms with van der Waals surface area (Å²) >= 11 is 0. The molecule has 40 heavy (non-hydrogen) atoms. The monoisotopic (exact) mass is 561 g/mol. The Labute approximate surface area is 252 Å². The zero-order chi connectivity index (χ0) is 29.0. The van der Waals surface area contributed by atoms with Crippen LogP contribution < -0.4 is 0 Å². The molecule has 0 rings (SSSR count). The summed E-state index contributed by atoms with van der Waals surface area (Å²) < 4.78 is 5.44. The maximum atomic E-state index is 11.9. The fourth-order valence-electron chi connectivity index (χ4n) is 5.30. The number of allylic oxidation sites excluding steroid dienone is 4. The highest BCUT2D eigenvalue weighted by molar-refractivity contribution is 5.69. The second-order valence-corrected chi connectivity index (χ2v) is 12.2. The molecule has 0 fully saturated rings. The zero-order valence-electron chi connectivity index (χ0n) is 27.5. The maximum absolute atomic E-state index is 11.9. The first kappa shape index (κ1) is 39.0. The average Bonchev–Trinajstić information content (AvgIpc) is 2.96. The molecule has 0 aliphatic heterocycles. The summed E-state index contributed by atoms with van der Waals surface area (Å²) in [7, 11) is 0. The van der Waals surface area contributed by atoms with Crippen molar-refractivity contribution in [1.29, 1.82) is 0 Å². The van der Waals surface area contributed by atoms with Crippen molar-refractivity contribution in [1.82, 2.24) is 0 Å². The zero-order valence-corrected chi connectivity index (χ0v) is 27.5. The van der Waals surface area contributed by atoms with Gasteiger partial charge in [0.25, 0.3) is 0 Å². The molecular formula is C38H72O2. The van der Waals surface area contributed by atoms with Crippen molar-refractivity contribution >= 4 is 5.97 Å². The fraction of sp³-hybridized carbons (Fsp3) is 0.868. The number of unbranched alkanes of at least 4 members (excludes halogenated alkanes) is 25. The molecule has 0 saturated carbocycles.